The second kappa shape index (κ2) is 6.30. The summed E-state index contributed by atoms with van der Waals surface area (Å²) in [4.78, 5) is 15.2. The molecule has 1 aromatic carbocycles. The minimum Gasteiger partial charge on any atom is -0.322 e. The van der Waals surface area contributed by atoms with Crippen molar-refractivity contribution in [1.29, 1.82) is 0 Å². The van der Waals surface area contributed by atoms with Gasteiger partial charge in [-0.25, -0.2) is 0 Å². The van der Waals surface area contributed by atoms with Crippen molar-refractivity contribution in [3.8, 4) is 0 Å². The third-order valence-corrected chi connectivity index (χ3v) is 5.62. The van der Waals surface area contributed by atoms with E-state index in [1.54, 1.807) is 0 Å². The van der Waals surface area contributed by atoms with E-state index in [-0.39, 0.29) is 5.91 Å². The highest BCUT2D eigenvalue weighted by Crippen LogP contribution is 2.41. The molecule has 0 unspecified atom stereocenters. The van der Waals surface area contributed by atoms with Gasteiger partial charge in [-0.05, 0) is 50.7 Å². The zero-order valence-corrected chi connectivity index (χ0v) is 15.2. The van der Waals surface area contributed by atoms with Gasteiger partial charge in [0, 0.05) is 19.1 Å². The van der Waals surface area contributed by atoms with Crippen LogP contribution in [0, 0.1) is 13.8 Å². The van der Waals surface area contributed by atoms with Crippen LogP contribution in [0.5, 0.6) is 0 Å². The second-order valence-corrected chi connectivity index (χ2v) is 7.37. The molecule has 2 aliphatic rings. The van der Waals surface area contributed by atoms with Crippen LogP contribution in [0.15, 0.2) is 24.3 Å². The van der Waals surface area contributed by atoms with Crippen LogP contribution >= 0.6 is 0 Å². The first-order chi connectivity index (χ1) is 12.0. The van der Waals surface area contributed by atoms with Gasteiger partial charge in [0.05, 0.1) is 23.6 Å². The molecule has 0 spiro atoms. The fraction of sp³-hybridized carbons (Fsp3) is 0.500. The fourth-order valence-electron chi connectivity index (χ4n) is 4.08. The van der Waals surface area contributed by atoms with E-state index in [0.717, 1.165) is 29.9 Å². The predicted molar refractivity (Wildman–Crippen MR) is 98.5 cm³/mol. The van der Waals surface area contributed by atoms with Crippen molar-refractivity contribution in [2.45, 2.75) is 51.6 Å². The largest absolute Gasteiger partial charge is 0.322 e. The SMILES string of the molecule is Cc1nn(C)c(C)c1NC(=O)CN(C1CC1)[C@H]1CCc2ccccc21. The van der Waals surface area contributed by atoms with Crippen molar-refractivity contribution in [3.63, 3.8) is 0 Å². The lowest BCUT2D eigenvalue weighted by Crippen LogP contribution is -2.37. The first-order valence-electron chi connectivity index (χ1n) is 9.18. The third-order valence-electron chi connectivity index (χ3n) is 5.62. The normalized spacial score (nSPS) is 19.3. The Hall–Kier alpha value is -2.14. The summed E-state index contributed by atoms with van der Waals surface area (Å²) in [7, 11) is 1.91. The molecule has 2 aliphatic carbocycles. The standard InChI is InChI=1S/C20H26N4O/c1-13-20(14(2)23(3)22-13)21-19(25)12-24(16-9-10-16)18-11-8-15-6-4-5-7-17(15)18/h4-7,16,18H,8-12H2,1-3H3,(H,21,25)/t18-/m0/s1. The molecule has 5 heteroatoms. The fourth-order valence-corrected chi connectivity index (χ4v) is 4.08. The molecule has 132 valence electrons. The highest BCUT2D eigenvalue weighted by Gasteiger charge is 2.38. The van der Waals surface area contributed by atoms with Crippen LogP contribution in [0.25, 0.3) is 0 Å². The number of aryl methyl sites for hydroxylation is 3. The molecule has 1 atom stereocenters. The van der Waals surface area contributed by atoms with Crippen LogP contribution in [0.3, 0.4) is 0 Å². The second-order valence-electron chi connectivity index (χ2n) is 7.37. The van der Waals surface area contributed by atoms with Crippen LogP contribution in [-0.2, 0) is 18.3 Å². The topological polar surface area (TPSA) is 50.2 Å². The average Bonchev–Trinajstić information content (AvgIpc) is 3.31. The van der Waals surface area contributed by atoms with Crippen LogP contribution in [0.4, 0.5) is 5.69 Å². The molecule has 1 fully saturated rings. The van der Waals surface area contributed by atoms with Crippen molar-refractivity contribution in [3.05, 3.63) is 46.8 Å². The zero-order chi connectivity index (χ0) is 17.6. The van der Waals surface area contributed by atoms with E-state index in [9.17, 15) is 4.79 Å². The van der Waals surface area contributed by atoms with Crippen LogP contribution in [-0.4, -0.2) is 33.2 Å². The molecule has 1 amide bonds. The van der Waals surface area contributed by atoms with Crippen molar-refractivity contribution < 1.29 is 4.79 Å². The van der Waals surface area contributed by atoms with Gasteiger partial charge in [0.2, 0.25) is 5.91 Å². The van der Waals surface area contributed by atoms with Gasteiger partial charge >= 0.3 is 0 Å². The number of carbonyl (C=O) groups excluding carboxylic acids is 1. The Balaban J connectivity index is 1.50. The summed E-state index contributed by atoms with van der Waals surface area (Å²) in [5.41, 5.74) is 5.58. The molecule has 0 saturated heterocycles. The Labute approximate surface area is 149 Å². The summed E-state index contributed by atoms with van der Waals surface area (Å²) < 4.78 is 1.82. The minimum absolute atomic E-state index is 0.0653. The van der Waals surface area contributed by atoms with Gasteiger partial charge in [0.15, 0.2) is 0 Å². The number of anilines is 1. The van der Waals surface area contributed by atoms with Gasteiger partial charge in [-0.2, -0.15) is 5.10 Å². The average molecular weight is 338 g/mol. The lowest BCUT2D eigenvalue weighted by molar-refractivity contribution is -0.118. The first kappa shape index (κ1) is 16.3. The van der Waals surface area contributed by atoms with Crippen molar-refractivity contribution in [1.82, 2.24) is 14.7 Å². The van der Waals surface area contributed by atoms with E-state index in [1.807, 2.05) is 25.6 Å². The number of benzene rings is 1. The summed E-state index contributed by atoms with van der Waals surface area (Å²) in [6, 6.07) is 9.62. The molecule has 5 nitrogen and oxygen atoms in total. The Morgan fingerprint density at radius 2 is 2.04 bits per heavy atom. The third kappa shape index (κ3) is 3.09. The van der Waals surface area contributed by atoms with Crippen molar-refractivity contribution >= 4 is 11.6 Å². The Kier molecular flexibility index (Phi) is 4.12. The van der Waals surface area contributed by atoms with Crippen LogP contribution in [0.1, 0.15) is 47.8 Å². The minimum atomic E-state index is 0.0653. The highest BCUT2D eigenvalue weighted by atomic mass is 16.2. The number of amides is 1. The molecule has 1 heterocycles. The first-order valence-corrected chi connectivity index (χ1v) is 9.18. The van der Waals surface area contributed by atoms with Crippen molar-refractivity contribution in [2.75, 3.05) is 11.9 Å². The van der Waals surface area contributed by atoms with Gasteiger partial charge in [-0.3, -0.25) is 14.4 Å². The van der Waals surface area contributed by atoms with Gasteiger partial charge in [-0.15, -0.1) is 0 Å². The molecule has 0 radical (unpaired) electrons. The molecular formula is C20H26N4O. The van der Waals surface area contributed by atoms with E-state index in [4.69, 9.17) is 0 Å². The molecule has 1 N–H and O–H groups in total. The lowest BCUT2D eigenvalue weighted by Gasteiger charge is -2.29. The molecule has 0 bridgehead atoms. The van der Waals surface area contributed by atoms with Crippen molar-refractivity contribution in [2.24, 2.45) is 7.05 Å². The molecule has 4 rings (SSSR count). The Bertz CT molecular complexity index is 806. The summed E-state index contributed by atoms with van der Waals surface area (Å²) in [6.07, 6.45) is 4.65. The summed E-state index contributed by atoms with van der Waals surface area (Å²) in [5.74, 6) is 0.0653. The summed E-state index contributed by atoms with van der Waals surface area (Å²) in [6.45, 7) is 4.38. The van der Waals surface area contributed by atoms with E-state index in [2.05, 4.69) is 39.6 Å². The lowest BCUT2D eigenvalue weighted by atomic mass is 10.1. The van der Waals surface area contributed by atoms with Gasteiger partial charge in [0.1, 0.15) is 0 Å². The number of nitrogens with one attached hydrogen (secondary N) is 1. The maximum atomic E-state index is 12.7. The van der Waals surface area contributed by atoms with Gasteiger partial charge in [-0.1, -0.05) is 24.3 Å². The Morgan fingerprint density at radius 1 is 1.28 bits per heavy atom. The number of hydrogen-bond acceptors (Lipinski definition) is 3. The number of fused-ring (bicyclic) bond motifs is 1. The molecule has 1 saturated carbocycles. The van der Waals surface area contributed by atoms with E-state index < -0.39 is 0 Å². The highest BCUT2D eigenvalue weighted by molar-refractivity contribution is 5.93. The monoisotopic (exact) mass is 338 g/mol. The zero-order valence-electron chi connectivity index (χ0n) is 15.2. The Morgan fingerprint density at radius 3 is 2.72 bits per heavy atom. The molecular weight excluding hydrogens is 312 g/mol. The molecule has 0 aliphatic heterocycles. The van der Waals surface area contributed by atoms with E-state index in [0.29, 0.717) is 18.6 Å². The van der Waals surface area contributed by atoms with E-state index >= 15 is 0 Å². The molecule has 1 aromatic heterocycles. The van der Waals surface area contributed by atoms with Gasteiger partial charge < -0.3 is 5.32 Å². The predicted octanol–water partition coefficient (Wildman–Crippen LogP) is 3.13. The quantitative estimate of drug-likeness (QED) is 0.911. The number of nitrogens with zero attached hydrogens (tertiary/aromatic N) is 3. The molecule has 25 heavy (non-hydrogen) atoms. The summed E-state index contributed by atoms with van der Waals surface area (Å²) >= 11 is 0. The number of aromatic nitrogens is 2. The van der Waals surface area contributed by atoms with E-state index in [1.165, 1.54) is 24.0 Å². The molecule has 2 aromatic rings. The van der Waals surface area contributed by atoms with Crippen LogP contribution in [0.2, 0.25) is 0 Å². The smallest absolute Gasteiger partial charge is 0.238 e. The number of hydrogen-bond donors (Lipinski definition) is 1. The maximum absolute atomic E-state index is 12.7. The maximum Gasteiger partial charge on any atom is 0.238 e. The van der Waals surface area contributed by atoms with Crippen LogP contribution < -0.4 is 5.32 Å². The number of rotatable bonds is 5. The van der Waals surface area contributed by atoms with Gasteiger partial charge in [0.25, 0.3) is 0 Å². The summed E-state index contributed by atoms with van der Waals surface area (Å²) in [5, 5.41) is 7.48. The number of carbonyl (C=O) groups is 1.